The molecule has 1 aliphatic heterocycles. The van der Waals surface area contributed by atoms with Crippen LogP contribution in [0.15, 0.2) is 48.5 Å². The number of carbonyl (C=O) groups excluding carboxylic acids is 2. The molecule has 0 unspecified atom stereocenters. The van der Waals surface area contributed by atoms with E-state index in [0.717, 1.165) is 34.5 Å². The third-order valence-electron chi connectivity index (χ3n) is 5.88. The number of nitrogens with one attached hydrogen (secondary N) is 2. The highest BCUT2D eigenvalue weighted by molar-refractivity contribution is 5.98. The highest BCUT2D eigenvalue weighted by atomic mass is 16.2. The number of aromatic amines is 1. The van der Waals surface area contributed by atoms with E-state index in [0.29, 0.717) is 25.8 Å². The normalized spacial score (nSPS) is 16.6. The van der Waals surface area contributed by atoms with Gasteiger partial charge in [0.25, 0.3) is 0 Å². The molecule has 2 amide bonds. The molecule has 1 aromatic heterocycles. The molecule has 3 aromatic rings. The van der Waals surface area contributed by atoms with Crippen molar-refractivity contribution in [1.82, 2.24) is 14.9 Å². The van der Waals surface area contributed by atoms with Gasteiger partial charge in [-0.2, -0.15) is 0 Å². The standard InChI is InChI=1S/C25H30N4O2/c1-25(2,3)17-9-4-5-10-18(17)28-24(31)21-13-8-16-29(21)23(30)15-14-22-26-19-11-6-7-12-20(19)27-22/h4-7,9-12,21H,8,13-16H2,1-3H3,(H,26,27)(H,28,31)/t21-/m0/s1. The number of aryl methyl sites for hydroxylation is 1. The largest absolute Gasteiger partial charge is 0.342 e. The maximum atomic E-state index is 13.1. The van der Waals surface area contributed by atoms with E-state index in [-0.39, 0.29) is 17.2 Å². The van der Waals surface area contributed by atoms with Crippen LogP contribution < -0.4 is 5.32 Å². The molecular formula is C25H30N4O2. The number of imidazole rings is 1. The van der Waals surface area contributed by atoms with Gasteiger partial charge in [-0.05, 0) is 42.0 Å². The molecule has 2 aromatic carbocycles. The van der Waals surface area contributed by atoms with Crippen molar-refractivity contribution in [2.75, 3.05) is 11.9 Å². The number of amides is 2. The first kappa shape index (κ1) is 21.1. The Morgan fingerprint density at radius 2 is 1.87 bits per heavy atom. The summed E-state index contributed by atoms with van der Waals surface area (Å²) in [6.45, 7) is 7.00. The smallest absolute Gasteiger partial charge is 0.247 e. The van der Waals surface area contributed by atoms with E-state index in [4.69, 9.17) is 0 Å². The fourth-order valence-electron chi connectivity index (χ4n) is 4.29. The van der Waals surface area contributed by atoms with Gasteiger partial charge >= 0.3 is 0 Å². The maximum Gasteiger partial charge on any atom is 0.247 e. The second-order valence-corrected chi connectivity index (χ2v) is 9.23. The van der Waals surface area contributed by atoms with Crippen molar-refractivity contribution >= 4 is 28.5 Å². The minimum atomic E-state index is -0.420. The van der Waals surface area contributed by atoms with Gasteiger partial charge < -0.3 is 15.2 Å². The fourth-order valence-corrected chi connectivity index (χ4v) is 4.29. The van der Waals surface area contributed by atoms with Gasteiger partial charge in [-0.1, -0.05) is 51.1 Å². The number of aromatic nitrogens is 2. The number of para-hydroxylation sites is 3. The van der Waals surface area contributed by atoms with Gasteiger partial charge in [-0.3, -0.25) is 9.59 Å². The Morgan fingerprint density at radius 1 is 1.13 bits per heavy atom. The number of H-pyrrole nitrogens is 1. The average Bonchev–Trinajstić information content (AvgIpc) is 3.38. The third-order valence-corrected chi connectivity index (χ3v) is 5.88. The van der Waals surface area contributed by atoms with Crippen molar-refractivity contribution in [2.45, 2.75) is 57.9 Å². The molecule has 2 N–H and O–H groups in total. The van der Waals surface area contributed by atoms with E-state index in [1.807, 2.05) is 48.5 Å². The molecular weight excluding hydrogens is 388 g/mol. The summed E-state index contributed by atoms with van der Waals surface area (Å²) in [7, 11) is 0. The van der Waals surface area contributed by atoms with E-state index >= 15 is 0 Å². The lowest BCUT2D eigenvalue weighted by molar-refractivity contribution is -0.136. The van der Waals surface area contributed by atoms with Crippen LogP contribution in [0.2, 0.25) is 0 Å². The Hall–Kier alpha value is -3.15. The first-order valence-electron chi connectivity index (χ1n) is 11.0. The lowest BCUT2D eigenvalue weighted by Gasteiger charge is -2.26. The summed E-state index contributed by atoms with van der Waals surface area (Å²) in [5, 5.41) is 3.08. The quantitative estimate of drug-likeness (QED) is 0.644. The predicted octanol–water partition coefficient (Wildman–Crippen LogP) is 4.42. The molecule has 0 saturated carbocycles. The molecule has 0 spiro atoms. The number of benzene rings is 2. The zero-order chi connectivity index (χ0) is 22.0. The molecule has 0 bridgehead atoms. The monoisotopic (exact) mass is 418 g/mol. The van der Waals surface area contributed by atoms with Crippen LogP contribution in [0.25, 0.3) is 11.0 Å². The van der Waals surface area contributed by atoms with Gasteiger partial charge in [-0.15, -0.1) is 0 Å². The second kappa shape index (κ2) is 8.53. The Labute approximate surface area is 183 Å². The summed E-state index contributed by atoms with van der Waals surface area (Å²) >= 11 is 0. The van der Waals surface area contributed by atoms with Gasteiger partial charge in [0.05, 0.1) is 11.0 Å². The van der Waals surface area contributed by atoms with Gasteiger partial charge in [-0.25, -0.2) is 4.98 Å². The van der Waals surface area contributed by atoms with Gasteiger partial charge in [0.15, 0.2) is 0 Å². The Morgan fingerprint density at radius 3 is 2.65 bits per heavy atom. The van der Waals surface area contributed by atoms with Crippen molar-refractivity contribution in [3.63, 3.8) is 0 Å². The van der Waals surface area contributed by atoms with Crippen LogP contribution in [0.3, 0.4) is 0 Å². The Bertz CT molecular complexity index is 1060. The van der Waals surface area contributed by atoms with Gasteiger partial charge in [0.1, 0.15) is 11.9 Å². The summed E-state index contributed by atoms with van der Waals surface area (Å²) < 4.78 is 0. The number of fused-ring (bicyclic) bond motifs is 1. The zero-order valence-electron chi connectivity index (χ0n) is 18.4. The first-order valence-corrected chi connectivity index (χ1v) is 11.0. The Kier molecular flexibility index (Phi) is 5.81. The van der Waals surface area contributed by atoms with Crippen molar-refractivity contribution in [3.05, 3.63) is 59.9 Å². The van der Waals surface area contributed by atoms with Crippen LogP contribution in [-0.2, 0) is 21.4 Å². The van der Waals surface area contributed by atoms with E-state index in [2.05, 4.69) is 36.1 Å². The lowest BCUT2D eigenvalue weighted by Crippen LogP contribution is -2.43. The number of carbonyl (C=O) groups is 2. The van der Waals surface area contributed by atoms with E-state index in [9.17, 15) is 9.59 Å². The van der Waals surface area contributed by atoms with Crippen LogP contribution in [0.5, 0.6) is 0 Å². The minimum absolute atomic E-state index is 0.00205. The van der Waals surface area contributed by atoms with Gasteiger partial charge in [0.2, 0.25) is 11.8 Å². The van der Waals surface area contributed by atoms with Crippen LogP contribution >= 0.6 is 0 Å². The molecule has 31 heavy (non-hydrogen) atoms. The van der Waals surface area contributed by atoms with Crippen LogP contribution in [0.1, 0.15) is 51.4 Å². The predicted molar refractivity (Wildman–Crippen MR) is 123 cm³/mol. The summed E-state index contributed by atoms with van der Waals surface area (Å²) in [6, 6.07) is 15.3. The van der Waals surface area contributed by atoms with E-state index in [1.54, 1.807) is 4.90 Å². The molecule has 6 nitrogen and oxygen atoms in total. The summed E-state index contributed by atoms with van der Waals surface area (Å²) in [5.41, 5.74) is 3.70. The Balaban J connectivity index is 1.41. The number of hydrogen-bond donors (Lipinski definition) is 2. The summed E-state index contributed by atoms with van der Waals surface area (Å²) in [4.78, 5) is 35.6. The van der Waals surface area contributed by atoms with Gasteiger partial charge in [0, 0.05) is 25.1 Å². The molecule has 0 aliphatic carbocycles. The maximum absolute atomic E-state index is 13.1. The summed E-state index contributed by atoms with van der Waals surface area (Å²) in [5.74, 6) is 0.697. The lowest BCUT2D eigenvalue weighted by atomic mass is 9.86. The molecule has 1 saturated heterocycles. The number of rotatable bonds is 5. The number of hydrogen-bond acceptors (Lipinski definition) is 3. The molecule has 1 fully saturated rings. The van der Waals surface area contributed by atoms with E-state index < -0.39 is 6.04 Å². The first-order chi connectivity index (χ1) is 14.8. The van der Waals surface area contributed by atoms with Crippen molar-refractivity contribution in [3.8, 4) is 0 Å². The number of anilines is 1. The zero-order valence-corrected chi connectivity index (χ0v) is 18.4. The molecule has 1 aliphatic rings. The van der Waals surface area contributed by atoms with Crippen LogP contribution in [-0.4, -0.2) is 39.3 Å². The van der Waals surface area contributed by atoms with Crippen LogP contribution in [0, 0.1) is 0 Å². The van der Waals surface area contributed by atoms with Crippen LogP contribution in [0.4, 0.5) is 5.69 Å². The van der Waals surface area contributed by atoms with Crippen molar-refractivity contribution in [1.29, 1.82) is 0 Å². The van der Waals surface area contributed by atoms with Crippen molar-refractivity contribution < 1.29 is 9.59 Å². The SMILES string of the molecule is CC(C)(C)c1ccccc1NC(=O)[C@@H]1CCCN1C(=O)CCc1nc2ccccc2[nH]1. The number of likely N-dealkylation sites (tertiary alicyclic amines) is 1. The molecule has 6 heteroatoms. The highest BCUT2D eigenvalue weighted by Crippen LogP contribution is 2.30. The molecule has 0 radical (unpaired) electrons. The number of nitrogens with zero attached hydrogens (tertiary/aromatic N) is 2. The third kappa shape index (κ3) is 4.63. The highest BCUT2D eigenvalue weighted by Gasteiger charge is 2.34. The van der Waals surface area contributed by atoms with E-state index in [1.165, 1.54) is 0 Å². The summed E-state index contributed by atoms with van der Waals surface area (Å²) in [6.07, 6.45) is 2.41. The molecule has 1 atom stereocenters. The topological polar surface area (TPSA) is 78.1 Å². The molecule has 162 valence electrons. The molecule has 4 rings (SSSR count). The second-order valence-electron chi connectivity index (χ2n) is 9.23. The average molecular weight is 419 g/mol. The minimum Gasteiger partial charge on any atom is -0.342 e. The molecule has 2 heterocycles. The fraction of sp³-hybridized carbons (Fsp3) is 0.400. The van der Waals surface area contributed by atoms with Crippen molar-refractivity contribution in [2.24, 2.45) is 0 Å².